The molecule has 0 unspecified atom stereocenters. The smallest absolute Gasteiger partial charge is 0.379 e. The van der Waals surface area contributed by atoms with Crippen LogP contribution in [0.3, 0.4) is 0 Å². The molecular formula is C18H20F3N5O2. The van der Waals surface area contributed by atoms with Crippen molar-refractivity contribution in [1.82, 2.24) is 20.4 Å². The molecule has 2 heterocycles. The molecule has 1 fully saturated rings. The third-order valence-electron chi connectivity index (χ3n) is 4.20. The number of nitrogens with zero attached hydrogens (tertiary/aromatic N) is 3. The van der Waals surface area contributed by atoms with E-state index in [-0.39, 0.29) is 11.6 Å². The van der Waals surface area contributed by atoms with Crippen LogP contribution in [0.4, 0.5) is 24.7 Å². The van der Waals surface area contributed by atoms with Gasteiger partial charge >= 0.3 is 6.18 Å². The van der Waals surface area contributed by atoms with Crippen LogP contribution in [0.1, 0.15) is 16.1 Å². The second-order valence-electron chi connectivity index (χ2n) is 6.21. The van der Waals surface area contributed by atoms with E-state index in [1.54, 1.807) is 6.07 Å². The molecule has 2 aromatic rings. The summed E-state index contributed by atoms with van der Waals surface area (Å²) in [5.41, 5.74) is -0.127. The van der Waals surface area contributed by atoms with Gasteiger partial charge in [-0.3, -0.25) is 9.69 Å². The molecule has 1 aromatic heterocycles. The fraction of sp³-hybridized carbons (Fsp3) is 0.389. The summed E-state index contributed by atoms with van der Waals surface area (Å²) in [6.45, 7) is 4.32. The summed E-state index contributed by atoms with van der Waals surface area (Å²) in [6.07, 6.45) is -4.38. The van der Waals surface area contributed by atoms with E-state index in [1.807, 2.05) is 0 Å². The summed E-state index contributed by atoms with van der Waals surface area (Å²) in [6, 6.07) is 7.61. The number of hydrogen-bond donors (Lipinski definition) is 2. The minimum atomic E-state index is -4.38. The van der Waals surface area contributed by atoms with Crippen LogP contribution in [0.2, 0.25) is 0 Å². The minimum absolute atomic E-state index is 0.167. The fourth-order valence-electron chi connectivity index (χ4n) is 2.65. The highest BCUT2D eigenvalue weighted by Crippen LogP contribution is 2.30. The van der Waals surface area contributed by atoms with Gasteiger partial charge in [0.25, 0.3) is 5.91 Å². The van der Waals surface area contributed by atoms with E-state index in [2.05, 4.69) is 25.7 Å². The quantitative estimate of drug-likeness (QED) is 0.782. The Labute approximate surface area is 159 Å². The molecule has 1 amide bonds. The number of rotatable bonds is 6. The molecule has 0 aliphatic carbocycles. The van der Waals surface area contributed by atoms with Gasteiger partial charge in [-0.25, -0.2) is 0 Å². The Morgan fingerprint density at radius 3 is 2.39 bits per heavy atom. The molecule has 1 aliphatic rings. The van der Waals surface area contributed by atoms with Crippen LogP contribution in [0, 0.1) is 0 Å². The topological polar surface area (TPSA) is 79.4 Å². The summed E-state index contributed by atoms with van der Waals surface area (Å²) in [7, 11) is 0. The predicted octanol–water partition coefficient (Wildman–Crippen LogP) is 2.30. The number of halogens is 3. The number of morpholine rings is 1. The molecule has 150 valence electrons. The van der Waals surface area contributed by atoms with E-state index in [4.69, 9.17) is 4.74 Å². The molecule has 2 N–H and O–H groups in total. The van der Waals surface area contributed by atoms with Gasteiger partial charge in [0.05, 0.1) is 18.8 Å². The summed E-state index contributed by atoms with van der Waals surface area (Å²) >= 11 is 0. The first kappa shape index (κ1) is 20.0. The highest BCUT2D eigenvalue weighted by molar-refractivity contribution is 5.92. The molecule has 1 aliphatic heterocycles. The maximum Gasteiger partial charge on any atom is 0.416 e. The number of aromatic nitrogens is 2. The van der Waals surface area contributed by atoms with Crippen molar-refractivity contribution in [2.75, 3.05) is 44.7 Å². The van der Waals surface area contributed by atoms with Crippen LogP contribution in [0.15, 0.2) is 36.4 Å². The van der Waals surface area contributed by atoms with Gasteiger partial charge in [-0.05, 0) is 36.4 Å². The van der Waals surface area contributed by atoms with Crippen LogP contribution in [0.25, 0.3) is 0 Å². The number of amides is 1. The van der Waals surface area contributed by atoms with Crippen molar-refractivity contribution in [3.63, 3.8) is 0 Å². The molecule has 0 spiro atoms. The summed E-state index contributed by atoms with van der Waals surface area (Å²) < 4.78 is 43.0. The van der Waals surface area contributed by atoms with Gasteiger partial charge in [0, 0.05) is 31.9 Å². The number of ether oxygens (including phenoxy) is 1. The third kappa shape index (κ3) is 5.64. The van der Waals surface area contributed by atoms with E-state index < -0.39 is 11.7 Å². The molecule has 28 heavy (non-hydrogen) atoms. The SMILES string of the molecule is O=C(NCCN1CCOCC1)c1ccc(Nc2ccc(C(F)(F)F)cc2)nn1. The number of carbonyl (C=O) groups is 1. The normalized spacial score (nSPS) is 15.2. The lowest BCUT2D eigenvalue weighted by Gasteiger charge is -2.26. The van der Waals surface area contributed by atoms with Gasteiger partial charge in [-0.2, -0.15) is 13.2 Å². The summed E-state index contributed by atoms with van der Waals surface area (Å²) in [5.74, 6) is -0.00790. The summed E-state index contributed by atoms with van der Waals surface area (Å²) in [4.78, 5) is 14.3. The average Bonchev–Trinajstić information content (AvgIpc) is 2.69. The van der Waals surface area contributed by atoms with E-state index in [0.717, 1.165) is 31.8 Å². The van der Waals surface area contributed by atoms with Crippen molar-refractivity contribution >= 4 is 17.4 Å². The second kappa shape index (κ2) is 8.98. The molecule has 3 rings (SSSR count). The molecular weight excluding hydrogens is 375 g/mol. The van der Waals surface area contributed by atoms with Crippen LogP contribution in [-0.2, 0) is 10.9 Å². The van der Waals surface area contributed by atoms with E-state index in [1.165, 1.54) is 18.2 Å². The highest BCUT2D eigenvalue weighted by Gasteiger charge is 2.29. The van der Waals surface area contributed by atoms with Gasteiger partial charge in [0.1, 0.15) is 0 Å². The van der Waals surface area contributed by atoms with Crippen LogP contribution < -0.4 is 10.6 Å². The first-order valence-corrected chi connectivity index (χ1v) is 8.78. The van der Waals surface area contributed by atoms with Crippen molar-refractivity contribution in [3.8, 4) is 0 Å². The average molecular weight is 395 g/mol. The highest BCUT2D eigenvalue weighted by atomic mass is 19.4. The molecule has 1 aromatic carbocycles. The van der Waals surface area contributed by atoms with E-state index >= 15 is 0 Å². The van der Waals surface area contributed by atoms with Crippen LogP contribution in [-0.4, -0.2) is 60.4 Å². The zero-order chi connectivity index (χ0) is 20.0. The number of carbonyl (C=O) groups excluding carboxylic acids is 1. The number of benzene rings is 1. The molecule has 0 radical (unpaired) electrons. The minimum Gasteiger partial charge on any atom is -0.379 e. The summed E-state index contributed by atoms with van der Waals surface area (Å²) in [5, 5.41) is 13.4. The van der Waals surface area contributed by atoms with Crippen molar-refractivity contribution < 1.29 is 22.7 Å². The lowest BCUT2D eigenvalue weighted by molar-refractivity contribution is -0.137. The lowest BCUT2D eigenvalue weighted by Crippen LogP contribution is -2.41. The van der Waals surface area contributed by atoms with Gasteiger partial charge < -0.3 is 15.4 Å². The van der Waals surface area contributed by atoms with Crippen molar-refractivity contribution in [2.24, 2.45) is 0 Å². The van der Waals surface area contributed by atoms with E-state index in [0.29, 0.717) is 31.3 Å². The fourth-order valence-corrected chi connectivity index (χ4v) is 2.65. The number of anilines is 2. The third-order valence-corrected chi connectivity index (χ3v) is 4.20. The molecule has 7 nitrogen and oxygen atoms in total. The number of nitrogens with one attached hydrogen (secondary N) is 2. The zero-order valence-electron chi connectivity index (χ0n) is 15.0. The lowest BCUT2D eigenvalue weighted by atomic mass is 10.2. The first-order chi connectivity index (χ1) is 13.4. The van der Waals surface area contributed by atoms with Gasteiger partial charge in [-0.1, -0.05) is 0 Å². The Bertz CT molecular complexity index is 775. The van der Waals surface area contributed by atoms with Gasteiger partial charge in [0.15, 0.2) is 11.5 Å². The maximum absolute atomic E-state index is 12.6. The Balaban J connectivity index is 1.49. The maximum atomic E-state index is 12.6. The van der Waals surface area contributed by atoms with Crippen molar-refractivity contribution in [3.05, 3.63) is 47.7 Å². The van der Waals surface area contributed by atoms with Crippen molar-refractivity contribution in [2.45, 2.75) is 6.18 Å². The van der Waals surface area contributed by atoms with Crippen LogP contribution in [0.5, 0.6) is 0 Å². The Morgan fingerprint density at radius 1 is 1.07 bits per heavy atom. The predicted molar refractivity (Wildman–Crippen MR) is 96.4 cm³/mol. The first-order valence-electron chi connectivity index (χ1n) is 8.78. The van der Waals surface area contributed by atoms with Crippen LogP contribution >= 0.6 is 0 Å². The molecule has 0 atom stereocenters. The number of hydrogen-bond acceptors (Lipinski definition) is 6. The second-order valence-corrected chi connectivity index (χ2v) is 6.21. The largest absolute Gasteiger partial charge is 0.416 e. The molecule has 1 saturated heterocycles. The Hall–Kier alpha value is -2.72. The van der Waals surface area contributed by atoms with Crippen molar-refractivity contribution in [1.29, 1.82) is 0 Å². The molecule has 10 heteroatoms. The van der Waals surface area contributed by atoms with Gasteiger partial charge in [-0.15, -0.1) is 10.2 Å². The standard InChI is InChI=1S/C18H20F3N5O2/c19-18(20,21)13-1-3-14(4-2-13)23-16-6-5-15(24-25-16)17(27)22-7-8-26-9-11-28-12-10-26/h1-6H,7-12H2,(H,22,27)(H,23,25). The van der Waals surface area contributed by atoms with E-state index in [9.17, 15) is 18.0 Å². The Morgan fingerprint density at radius 2 is 1.79 bits per heavy atom. The van der Waals surface area contributed by atoms with Gasteiger partial charge in [0.2, 0.25) is 0 Å². The molecule has 0 bridgehead atoms. The Kier molecular flexibility index (Phi) is 6.42. The monoisotopic (exact) mass is 395 g/mol. The molecule has 0 saturated carbocycles. The number of alkyl halides is 3. The zero-order valence-corrected chi connectivity index (χ0v) is 15.0.